The molecular weight excluding hydrogens is 832 g/mol. The summed E-state index contributed by atoms with van der Waals surface area (Å²) in [4.78, 5) is 64.5. The van der Waals surface area contributed by atoms with E-state index in [0.29, 0.717) is 42.3 Å². The van der Waals surface area contributed by atoms with E-state index in [1.165, 1.54) is 11.1 Å². The van der Waals surface area contributed by atoms with Gasteiger partial charge in [0.25, 0.3) is 0 Å². The first-order chi connectivity index (χ1) is 30.5. The molecule has 10 atom stereocenters. The van der Waals surface area contributed by atoms with Crippen LogP contribution in [0.4, 0.5) is 0 Å². The van der Waals surface area contributed by atoms with E-state index in [2.05, 4.69) is 117 Å². The minimum Gasteiger partial charge on any atom is -0.462 e. The van der Waals surface area contributed by atoms with Crippen LogP contribution in [0.15, 0.2) is 65.7 Å². The zero-order valence-electron chi connectivity index (χ0n) is 41.4. The lowest BCUT2D eigenvalue weighted by Gasteiger charge is -2.72. The molecule has 0 radical (unpaired) electrons. The highest BCUT2D eigenvalue weighted by Gasteiger charge is 2.71. The highest BCUT2D eigenvalue weighted by Crippen LogP contribution is 2.77. The minimum absolute atomic E-state index is 0.0173. The predicted molar refractivity (Wildman–Crippen MR) is 255 cm³/mol. The van der Waals surface area contributed by atoms with Gasteiger partial charge in [-0.3, -0.25) is 14.4 Å². The molecular formula is C56H77ClN2O6. The second-order valence-electron chi connectivity index (χ2n) is 23.8. The zero-order valence-corrected chi connectivity index (χ0v) is 42.1. The summed E-state index contributed by atoms with van der Waals surface area (Å²) in [7, 11) is 4.12. The lowest BCUT2D eigenvalue weighted by atomic mass is 9.33. The zero-order chi connectivity index (χ0) is 47.5. The Morgan fingerprint density at radius 1 is 0.785 bits per heavy atom. The number of hydrogen-bond donors (Lipinski definition) is 0. The molecule has 0 N–H and O–H groups in total. The van der Waals surface area contributed by atoms with Crippen LogP contribution in [-0.4, -0.2) is 66.9 Å². The number of carbonyl (C=O) groups is 3. The van der Waals surface area contributed by atoms with Crippen molar-refractivity contribution >= 4 is 35.4 Å². The van der Waals surface area contributed by atoms with Crippen LogP contribution in [0.2, 0.25) is 5.02 Å². The van der Waals surface area contributed by atoms with E-state index in [-0.39, 0.29) is 74.7 Å². The Morgan fingerprint density at radius 3 is 2.06 bits per heavy atom. The van der Waals surface area contributed by atoms with Crippen LogP contribution in [0.5, 0.6) is 0 Å². The normalized spacial score (nSPS) is 35.3. The van der Waals surface area contributed by atoms with Crippen molar-refractivity contribution in [3.8, 4) is 0 Å². The van der Waals surface area contributed by atoms with Crippen LogP contribution in [0.3, 0.4) is 0 Å². The predicted octanol–water partition coefficient (Wildman–Crippen LogP) is 11.4. The Morgan fingerprint density at radius 2 is 1.45 bits per heavy atom. The number of Topliss-reactive ketones (excluding diaryl/α,β-unsaturated/α-hetero) is 1. The van der Waals surface area contributed by atoms with Crippen LogP contribution < -0.4 is 0 Å². The molecule has 0 unspecified atom stereocenters. The Balaban J connectivity index is 0.00000204. The lowest BCUT2D eigenvalue weighted by molar-refractivity contribution is -0.236. The van der Waals surface area contributed by atoms with Crippen LogP contribution in [0.1, 0.15) is 138 Å². The number of amides is 1. The van der Waals surface area contributed by atoms with Gasteiger partial charge in [-0.2, -0.15) is 9.59 Å². The van der Waals surface area contributed by atoms with E-state index in [1.807, 2.05) is 24.3 Å². The van der Waals surface area contributed by atoms with Gasteiger partial charge in [-0.1, -0.05) is 116 Å². The van der Waals surface area contributed by atoms with E-state index >= 15 is 4.79 Å². The lowest BCUT2D eigenvalue weighted by Crippen LogP contribution is -2.66. The highest BCUT2D eigenvalue weighted by molar-refractivity contribution is 6.30. The smallest absolute Gasteiger partial charge is 0.373 e. The molecule has 6 aliphatic carbocycles. The van der Waals surface area contributed by atoms with E-state index < -0.39 is 5.41 Å². The molecule has 5 fully saturated rings. The fourth-order valence-corrected chi connectivity index (χ4v) is 15.8. The monoisotopic (exact) mass is 909 g/mol. The molecule has 0 aliphatic heterocycles. The third-order valence-corrected chi connectivity index (χ3v) is 19.8. The number of carbonyl (C=O) groups excluding carboxylic acids is 5. The van der Waals surface area contributed by atoms with Crippen molar-refractivity contribution in [3.63, 3.8) is 0 Å². The molecule has 6 aliphatic rings. The van der Waals surface area contributed by atoms with Gasteiger partial charge in [0.15, 0.2) is 5.78 Å². The summed E-state index contributed by atoms with van der Waals surface area (Å²) in [6.45, 7) is 23.3. The van der Waals surface area contributed by atoms with Crippen molar-refractivity contribution < 1.29 is 28.7 Å². The molecule has 8 nitrogen and oxygen atoms in total. The van der Waals surface area contributed by atoms with Crippen LogP contribution in [-0.2, 0) is 41.7 Å². The summed E-state index contributed by atoms with van der Waals surface area (Å²) in [6, 6.07) is 18.6. The van der Waals surface area contributed by atoms with Crippen LogP contribution in [0.25, 0.3) is 0 Å². The molecule has 0 aromatic heterocycles. The number of nitrogens with zero attached hydrogens (tertiary/aromatic N) is 2. The summed E-state index contributed by atoms with van der Waals surface area (Å²) >= 11 is 6.29. The van der Waals surface area contributed by atoms with Crippen molar-refractivity contribution in [2.24, 2.45) is 68.0 Å². The number of likely N-dealkylation sites (N-methyl/N-ethyl adjacent to an activating group) is 1. The topological polar surface area (TPSA) is 101 Å². The number of rotatable bonds is 11. The molecule has 2 aromatic rings. The van der Waals surface area contributed by atoms with E-state index in [0.717, 1.165) is 81.9 Å². The van der Waals surface area contributed by atoms with Crippen molar-refractivity contribution in [2.45, 2.75) is 146 Å². The van der Waals surface area contributed by atoms with Gasteiger partial charge in [0, 0.05) is 36.5 Å². The average Bonchev–Trinajstić information content (AvgIpc) is 3.56. The number of hydrogen-bond acceptors (Lipinski definition) is 7. The first kappa shape index (κ1) is 49.3. The van der Waals surface area contributed by atoms with Crippen molar-refractivity contribution in [2.75, 3.05) is 27.2 Å². The number of fused-ring (bicyclic) bond motifs is 7. The maximum absolute atomic E-state index is 15.5. The molecule has 2 aromatic carbocycles. The second-order valence-corrected chi connectivity index (χ2v) is 24.2. The van der Waals surface area contributed by atoms with Crippen molar-refractivity contribution in [3.05, 3.63) is 81.9 Å². The first-order valence-electron chi connectivity index (χ1n) is 24.7. The Labute approximate surface area is 395 Å². The summed E-state index contributed by atoms with van der Waals surface area (Å²) in [5, 5.41) is 0.686. The molecule has 0 bridgehead atoms. The van der Waals surface area contributed by atoms with Gasteiger partial charge in [0.2, 0.25) is 5.91 Å². The maximum atomic E-state index is 15.5. The molecule has 8 rings (SSSR count). The minimum atomic E-state index is -0.787. The molecule has 0 saturated heterocycles. The summed E-state index contributed by atoms with van der Waals surface area (Å²) in [5.41, 5.74) is 3.68. The van der Waals surface area contributed by atoms with Crippen molar-refractivity contribution in [1.82, 2.24) is 9.80 Å². The number of benzene rings is 2. The summed E-state index contributed by atoms with van der Waals surface area (Å²) in [5.74, 6) is 2.00. The van der Waals surface area contributed by atoms with Gasteiger partial charge >= 0.3 is 12.1 Å². The van der Waals surface area contributed by atoms with Crippen LogP contribution in [0, 0.1) is 68.0 Å². The fourth-order valence-electron chi connectivity index (χ4n) is 15.6. The Hall–Kier alpha value is -3.58. The Kier molecular flexibility index (Phi) is 13.8. The second kappa shape index (κ2) is 18.1. The highest BCUT2D eigenvalue weighted by atomic mass is 35.5. The largest absolute Gasteiger partial charge is 0.462 e. The molecule has 354 valence electrons. The van der Waals surface area contributed by atoms with Gasteiger partial charge in [0.05, 0.1) is 11.3 Å². The van der Waals surface area contributed by atoms with Crippen LogP contribution >= 0.6 is 11.6 Å². The third-order valence-electron chi connectivity index (χ3n) is 19.5. The molecule has 0 heterocycles. The van der Waals surface area contributed by atoms with Gasteiger partial charge < -0.3 is 14.5 Å². The van der Waals surface area contributed by atoms with E-state index in [9.17, 15) is 9.59 Å². The Bertz CT molecular complexity index is 2170. The fraction of sp³-hybridized carbons (Fsp3) is 0.679. The van der Waals surface area contributed by atoms with Gasteiger partial charge in [-0.25, -0.2) is 0 Å². The average molecular weight is 910 g/mol. The number of esters is 1. The van der Waals surface area contributed by atoms with Gasteiger partial charge in [0.1, 0.15) is 6.10 Å². The molecule has 0 spiro atoms. The maximum Gasteiger partial charge on any atom is 0.373 e. The van der Waals surface area contributed by atoms with E-state index in [1.54, 1.807) is 0 Å². The molecule has 5 saturated carbocycles. The number of ketones is 1. The van der Waals surface area contributed by atoms with Gasteiger partial charge in [-0.15, -0.1) is 0 Å². The molecule has 65 heavy (non-hydrogen) atoms. The standard InChI is InChI=1S/C55H77ClN2O4.CO2/c1-35(2)46-42(59)33-55(49(61)58(30-29-57(10)11)34-37-17-19-39(56)20-18-37)28-27-53(8)40(47(46)55)21-22-44-52(7)25-24-45(51(5,6)43(52)23-26-54(44,53)9)62-48(60)41-32-38(50(41,3)4)31-36-15-13-12-14-16-36;2-1-3/h12-20,35,38,40-41,43-45H,21-34H2,1-11H3;/t38-,40-,41-,43+,44-,45+,52+,53-,54-,55-;/m1./s1. The molecule has 1 amide bonds. The quantitative estimate of drug-likeness (QED) is 0.207. The first-order valence-corrected chi connectivity index (χ1v) is 25.1. The van der Waals surface area contributed by atoms with E-state index in [4.69, 9.17) is 25.9 Å². The SMILES string of the molecule is CC(C)C1=C2[C@H]3CC[C@@H]4[C@@]5(C)CC[C@H](OC(=O)[C@H]6C[C@@H](Cc7ccccc7)C6(C)C)C(C)(C)[C@@H]5CC[C@@]4(C)[C@]3(C)CC[C@@]2(C(=O)N(CCN(C)C)Cc2ccc(Cl)cc2)CC1=O.O=C=O. The summed E-state index contributed by atoms with van der Waals surface area (Å²) < 4.78 is 6.70. The van der Waals surface area contributed by atoms with Gasteiger partial charge in [-0.05, 0) is 164 Å². The molecule has 9 heteroatoms. The van der Waals surface area contributed by atoms with Crippen molar-refractivity contribution in [1.29, 1.82) is 0 Å². The summed E-state index contributed by atoms with van der Waals surface area (Å²) in [6.07, 6.45) is 10.4. The number of ether oxygens (including phenoxy) is 1. The third kappa shape index (κ3) is 8.32. The number of allylic oxidation sites excluding steroid dienone is 1. The number of halogens is 1.